The Labute approximate surface area is 74.8 Å². The summed E-state index contributed by atoms with van der Waals surface area (Å²) >= 11 is 0. The number of aryl methyl sites for hydroxylation is 1. The van der Waals surface area contributed by atoms with Crippen molar-refractivity contribution < 1.29 is 0 Å². The fourth-order valence-electron chi connectivity index (χ4n) is 1.53. The molecule has 1 nitrogen and oxygen atoms in total. The van der Waals surface area contributed by atoms with E-state index in [-0.39, 0.29) is 0 Å². The molecule has 1 heteroatoms. The van der Waals surface area contributed by atoms with Gasteiger partial charge in [-0.2, -0.15) is 0 Å². The lowest BCUT2D eigenvalue weighted by Gasteiger charge is -2.11. The second-order valence-corrected chi connectivity index (χ2v) is 3.52. The molecule has 0 saturated carbocycles. The molecule has 0 spiro atoms. The summed E-state index contributed by atoms with van der Waals surface area (Å²) in [6.07, 6.45) is 5.04. The van der Waals surface area contributed by atoms with Crippen molar-refractivity contribution in [1.82, 2.24) is 4.98 Å². The molecule has 1 aromatic rings. The third-order valence-corrected chi connectivity index (χ3v) is 2.36. The lowest BCUT2D eigenvalue weighted by Crippen LogP contribution is -1.97. The van der Waals surface area contributed by atoms with E-state index in [4.69, 9.17) is 0 Å². The maximum Gasteiger partial charge on any atom is 0.0305 e. The SMILES string of the molecule is CCc1cncc(C(C)C)c1C. The van der Waals surface area contributed by atoms with E-state index in [0.29, 0.717) is 5.92 Å². The van der Waals surface area contributed by atoms with E-state index < -0.39 is 0 Å². The van der Waals surface area contributed by atoms with Crippen LogP contribution in [0.15, 0.2) is 12.4 Å². The zero-order valence-corrected chi connectivity index (χ0v) is 8.39. The van der Waals surface area contributed by atoms with Gasteiger partial charge in [0.05, 0.1) is 0 Å². The van der Waals surface area contributed by atoms with E-state index in [9.17, 15) is 0 Å². The predicted octanol–water partition coefficient (Wildman–Crippen LogP) is 3.08. The summed E-state index contributed by atoms with van der Waals surface area (Å²) in [7, 11) is 0. The van der Waals surface area contributed by atoms with Gasteiger partial charge in [0.1, 0.15) is 0 Å². The number of hydrogen-bond donors (Lipinski definition) is 0. The zero-order chi connectivity index (χ0) is 9.14. The highest BCUT2D eigenvalue weighted by Crippen LogP contribution is 2.20. The fraction of sp³-hybridized carbons (Fsp3) is 0.545. The first-order valence-corrected chi connectivity index (χ1v) is 4.60. The molecule has 1 heterocycles. The quantitative estimate of drug-likeness (QED) is 0.653. The second kappa shape index (κ2) is 3.70. The van der Waals surface area contributed by atoms with Crippen molar-refractivity contribution in [1.29, 1.82) is 0 Å². The molecule has 0 aromatic carbocycles. The van der Waals surface area contributed by atoms with Crippen molar-refractivity contribution in [2.45, 2.75) is 40.0 Å². The summed E-state index contributed by atoms with van der Waals surface area (Å²) in [5.41, 5.74) is 4.18. The van der Waals surface area contributed by atoms with E-state index in [1.807, 2.05) is 12.4 Å². The van der Waals surface area contributed by atoms with Gasteiger partial charge in [0.25, 0.3) is 0 Å². The Bertz CT molecular complexity index is 264. The van der Waals surface area contributed by atoms with E-state index in [0.717, 1.165) is 6.42 Å². The molecule has 0 bridgehead atoms. The summed E-state index contributed by atoms with van der Waals surface area (Å²) < 4.78 is 0. The van der Waals surface area contributed by atoms with Crippen LogP contribution >= 0.6 is 0 Å². The van der Waals surface area contributed by atoms with Crippen LogP contribution in [0.25, 0.3) is 0 Å². The van der Waals surface area contributed by atoms with Gasteiger partial charge in [-0.15, -0.1) is 0 Å². The standard InChI is InChI=1S/C11H17N/c1-5-10-6-12-7-11(8(2)3)9(10)4/h6-8H,5H2,1-4H3. The van der Waals surface area contributed by atoms with Gasteiger partial charge in [-0.25, -0.2) is 0 Å². The molecule has 66 valence electrons. The highest BCUT2D eigenvalue weighted by atomic mass is 14.6. The van der Waals surface area contributed by atoms with Crippen LogP contribution in [0.4, 0.5) is 0 Å². The first-order valence-electron chi connectivity index (χ1n) is 4.60. The van der Waals surface area contributed by atoms with Gasteiger partial charge in [-0.3, -0.25) is 4.98 Å². The van der Waals surface area contributed by atoms with Crippen molar-refractivity contribution >= 4 is 0 Å². The number of rotatable bonds is 2. The first kappa shape index (κ1) is 9.24. The van der Waals surface area contributed by atoms with Crippen molar-refractivity contribution in [3.05, 3.63) is 29.1 Å². The van der Waals surface area contributed by atoms with Crippen molar-refractivity contribution in [3.8, 4) is 0 Å². The fourth-order valence-corrected chi connectivity index (χ4v) is 1.53. The van der Waals surface area contributed by atoms with Crippen molar-refractivity contribution in [3.63, 3.8) is 0 Å². The Morgan fingerprint density at radius 1 is 1.33 bits per heavy atom. The van der Waals surface area contributed by atoms with E-state index in [1.165, 1.54) is 16.7 Å². The molecule has 0 saturated heterocycles. The Morgan fingerprint density at radius 3 is 2.50 bits per heavy atom. The van der Waals surface area contributed by atoms with Crippen LogP contribution in [0, 0.1) is 6.92 Å². The number of aromatic nitrogens is 1. The molecular weight excluding hydrogens is 146 g/mol. The molecular formula is C11H17N. The molecule has 0 unspecified atom stereocenters. The Balaban J connectivity index is 3.14. The lowest BCUT2D eigenvalue weighted by atomic mass is 9.96. The second-order valence-electron chi connectivity index (χ2n) is 3.52. The lowest BCUT2D eigenvalue weighted by molar-refractivity contribution is 0.838. The number of nitrogens with zero attached hydrogens (tertiary/aromatic N) is 1. The maximum absolute atomic E-state index is 4.24. The topological polar surface area (TPSA) is 12.9 Å². The molecule has 1 rings (SSSR count). The minimum absolute atomic E-state index is 0.587. The summed E-state index contributed by atoms with van der Waals surface area (Å²) in [6, 6.07) is 0. The van der Waals surface area contributed by atoms with E-state index in [1.54, 1.807) is 0 Å². The van der Waals surface area contributed by atoms with E-state index >= 15 is 0 Å². The maximum atomic E-state index is 4.24. The molecule has 0 aliphatic rings. The first-order chi connectivity index (χ1) is 5.66. The highest BCUT2D eigenvalue weighted by molar-refractivity contribution is 5.32. The minimum Gasteiger partial charge on any atom is -0.264 e. The largest absolute Gasteiger partial charge is 0.264 e. The molecule has 0 aliphatic heterocycles. The molecule has 0 radical (unpaired) electrons. The summed E-state index contributed by atoms with van der Waals surface area (Å²) in [4.78, 5) is 4.24. The normalized spacial score (nSPS) is 10.8. The minimum atomic E-state index is 0.587. The van der Waals surface area contributed by atoms with Gasteiger partial charge < -0.3 is 0 Å². The van der Waals surface area contributed by atoms with Crippen LogP contribution in [0.5, 0.6) is 0 Å². The van der Waals surface area contributed by atoms with Gasteiger partial charge in [0.2, 0.25) is 0 Å². The average molecular weight is 163 g/mol. The highest BCUT2D eigenvalue weighted by Gasteiger charge is 2.05. The van der Waals surface area contributed by atoms with Crippen LogP contribution in [0.3, 0.4) is 0 Å². The zero-order valence-electron chi connectivity index (χ0n) is 8.39. The third kappa shape index (κ3) is 1.66. The number of hydrogen-bond acceptors (Lipinski definition) is 1. The van der Waals surface area contributed by atoms with Gasteiger partial charge in [-0.05, 0) is 36.0 Å². The van der Waals surface area contributed by atoms with Crippen LogP contribution in [0.1, 0.15) is 43.4 Å². The molecule has 0 atom stereocenters. The number of pyridine rings is 1. The molecule has 1 aromatic heterocycles. The van der Waals surface area contributed by atoms with Crippen LogP contribution < -0.4 is 0 Å². The monoisotopic (exact) mass is 163 g/mol. The molecule has 12 heavy (non-hydrogen) atoms. The van der Waals surface area contributed by atoms with Crippen LogP contribution in [0.2, 0.25) is 0 Å². The van der Waals surface area contributed by atoms with E-state index in [2.05, 4.69) is 32.7 Å². The molecule has 0 aliphatic carbocycles. The van der Waals surface area contributed by atoms with Gasteiger partial charge in [0, 0.05) is 12.4 Å². The summed E-state index contributed by atoms with van der Waals surface area (Å²) in [5.74, 6) is 0.587. The smallest absolute Gasteiger partial charge is 0.0305 e. The summed E-state index contributed by atoms with van der Waals surface area (Å²) in [5, 5.41) is 0. The van der Waals surface area contributed by atoms with Gasteiger partial charge in [-0.1, -0.05) is 20.8 Å². The van der Waals surface area contributed by atoms with Crippen LogP contribution in [-0.4, -0.2) is 4.98 Å². The molecule has 0 N–H and O–H groups in total. The molecule has 0 amide bonds. The van der Waals surface area contributed by atoms with Crippen molar-refractivity contribution in [2.24, 2.45) is 0 Å². The Hall–Kier alpha value is -0.850. The van der Waals surface area contributed by atoms with Gasteiger partial charge >= 0.3 is 0 Å². The summed E-state index contributed by atoms with van der Waals surface area (Å²) in [6.45, 7) is 8.79. The third-order valence-electron chi connectivity index (χ3n) is 2.36. The van der Waals surface area contributed by atoms with Crippen molar-refractivity contribution in [2.75, 3.05) is 0 Å². The Morgan fingerprint density at radius 2 is 2.00 bits per heavy atom. The predicted molar refractivity (Wildman–Crippen MR) is 52.4 cm³/mol. The average Bonchev–Trinajstić information content (AvgIpc) is 2.04. The Kier molecular flexibility index (Phi) is 2.85. The molecule has 0 fully saturated rings. The van der Waals surface area contributed by atoms with Gasteiger partial charge in [0.15, 0.2) is 0 Å². The van der Waals surface area contributed by atoms with Crippen LogP contribution in [-0.2, 0) is 6.42 Å².